The van der Waals surface area contributed by atoms with Crippen LogP contribution in [0.25, 0.3) is 0 Å². The van der Waals surface area contributed by atoms with Crippen LogP contribution >= 0.6 is 0 Å². The van der Waals surface area contributed by atoms with Crippen LogP contribution in [0.2, 0.25) is 0 Å². The minimum atomic E-state index is -3.40. The monoisotopic (exact) mass is 532 g/mol. The number of hydrogen-bond donors (Lipinski definition) is 0. The zero-order valence-electron chi connectivity index (χ0n) is 21.4. The summed E-state index contributed by atoms with van der Waals surface area (Å²) in [5.41, 5.74) is 0.419. The van der Waals surface area contributed by atoms with E-state index in [4.69, 9.17) is 18.9 Å². The Morgan fingerprint density at radius 1 is 1.05 bits per heavy atom. The van der Waals surface area contributed by atoms with Gasteiger partial charge in [0.25, 0.3) is 11.8 Å². The fraction of sp³-hybridized carbons (Fsp3) is 0.600. The number of carbonyl (C=O) groups is 1. The van der Waals surface area contributed by atoms with Crippen LogP contribution in [0, 0.1) is 6.92 Å². The zero-order valence-corrected chi connectivity index (χ0v) is 22.2. The van der Waals surface area contributed by atoms with Gasteiger partial charge in [-0.2, -0.15) is 9.97 Å². The predicted octanol–water partition coefficient (Wildman–Crippen LogP) is 3.84. The smallest absolute Gasteiger partial charge is 0.410 e. The molecule has 2 bridgehead atoms. The SMILES string of the molecule is COc1c(Oc2ccc(S(=O)(=O)C3CC3)nc2C)ncnc1OC1CC2CC[C@@H](C1)N2C(=O)OC(C)C. The highest BCUT2D eigenvalue weighted by atomic mass is 32.2. The van der Waals surface area contributed by atoms with Gasteiger partial charge in [0.2, 0.25) is 5.75 Å². The number of hydrogen-bond acceptors (Lipinski definition) is 10. The van der Waals surface area contributed by atoms with E-state index in [1.165, 1.54) is 19.5 Å². The highest BCUT2D eigenvalue weighted by molar-refractivity contribution is 7.92. The van der Waals surface area contributed by atoms with E-state index in [1.807, 2.05) is 18.7 Å². The number of pyridine rings is 1. The normalized spacial score (nSPS) is 23.2. The first kappa shape index (κ1) is 25.5. The number of fused-ring (bicyclic) bond motifs is 2. The molecule has 0 N–H and O–H groups in total. The van der Waals surface area contributed by atoms with E-state index in [-0.39, 0.29) is 58.2 Å². The summed E-state index contributed by atoms with van der Waals surface area (Å²) in [6, 6.07) is 3.13. The Hall–Kier alpha value is -3.15. The number of sulfone groups is 1. The van der Waals surface area contributed by atoms with Crippen molar-refractivity contribution in [2.24, 2.45) is 0 Å². The summed E-state index contributed by atoms with van der Waals surface area (Å²) in [7, 11) is -1.93. The third-order valence-corrected chi connectivity index (χ3v) is 9.09. The molecule has 0 aromatic carbocycles. The molecule has 2 unspecified atom stereocenters. The van der Waals surface area contributed by atoms with Crippen LogP contribution < -0.4 is 14.2 Å². The van der Waals surface area contributed by atoms with Crippen LogP contribution in [0.4, 0.5) is 4.79 Å². The van der Waals surface area contributed by atoms with Gasteiger partial charge in [-0.25, -0.2) is 18.2 Å². The van der Waals surface area contributed by atoms with Gasteiger partial charge in [-0.3, -0.25) is 0 Å². The van der Waals surface area contributed by atoms with E-state index in [0.29, 0.717) is 37.1 Å². The van der Waals surface area contributed by atoms with Crippen LogP contribution in [0.1, 0.15) is 58.1 Å². The molecule has 5 rings (SSSR count). The molecule has 3 aliphatic rings. The maximum atomic E-state index is 12.6. The number of aromatic nitrogens is 3. The number of carbonyl (C=O) groups excluding carboxylic acids is 1. The maximum absolute atomic E-state index is 12.6. The highest BCUT2D eigenvalue weighted by Gasteiger charge is 2.45. The highest BCUT2D eigenvalue weighted by Crippen LogP contribution is 2.41. The van der Waals surface area contributed by atoms with Crippen molar-refractivity contribution in [3.05, 3.63) is 24.2 Å². The first-order chi connectivity index (χ1) is 17.7. The molecule has 1 aliphatic carbocycles. The second-order valence-electron chi connectivity index (χ2n) is 10.0. The molecule has 2 saturated heterocycles. The largest absolute Gasteiger partial charge is 0.487 e. The Morgan fingerprint density at radius 2 is 1.73 bits per heavy atom. The third-order valence-electron chi connectivity index (χ3n) is 6.93. The first-order valence-corrected chi connectivity index (χ1v) is 14.2. The van der Waals surface area contributed by atoms with Crippen molar-refractivity contribution < 1.29 is 32.2 Å². The fourth-order valence-corrected chi connectivity index (χ4v) is 6.68. The summed E-state index contributed by atoms with van der Waals surface area (Å²) < 4.78 is 48.2. The lowest BCUT2D eigenvalue weighted by molar-refractivity contribution is 0.0201. The Balaban J connectivity index is 1.30. The third kappa shape index (κ3) is 5.16. The summed E-state index contributed by atoms with van der Waals surface area (Å²) in [6.45, 7) is 5.37. The van der Waals surface area contributed by atoms with Crippen molar-refractivity contribution in [1.82, 2.24) is 19.9 Å². The van der Waals surface area contributed by atoms with Crippen molar-refractivity contribution in [3.8, 4) is 23.3 Å². The molecule has 2 aliphatic heterocycles. The molecule has 37 heavy (non-hydrogen) atoms. The minimum absolute atomic E-state index is 0.0526. The van der Waals surface area contributed by atoms with E-state index in [0.717, 1.165) is 12.8 Å². The zero-order chi connectivity index (χ0) is 26.3. The van der Waals surface area contributed by atoms with Crippen LogP contribution in [0.15, 0.2) is 23.5 Å². The van der Waals surface area contributed by atoms with Crippen LogP contribution in [0.5, 0.6) is 23.3 Å². The van der Waals surface area contributed by atoms with Crippen molar-refractivity contribution in [2.45, 2.75) is 93.9 Å². The molecule has 2 aromatic rings. The van der Waals surface area contributed by atoms with Gasteiger partial charge in [-0.05, 0) is 58.6 Å². The maximum Gasteiger partial charge on any atom is 0.410 e. The number of nitrogens with zero attached hydrogens (tertiary/aromatic N) is 4. The lowest BCUT2D eigenvalue weighted by Gasteiger charge is -2.38. The molecule has 0 radical (unpaired) electrons. The number of ether oxygens (including phenoxy) is 4. The van der Waals surface area contributed by atoms with E-state index >= 15 is 0 Å². The summed E-state index contributed by atoms with van der Waals surface area (Å²) in [5, 5.41) is -0.285. The van der Waals surface area contributed by atoms with Gasteiger partial charge in [-0.15, -0.1) is 0 Å². The summed E-state index contributed by atoms with van der Waals surface area (Å²) in [4.78, 5) is 27.1. The van der Waals surface area contributed by atoms with Crippen molar-refractivity contribution in [2.75, 3.05) is 7.11 Å². The molecule has 2 aromatic heterocycles. The van der Waals surface area contributed by atoms with E-state index in [1.54, 1.807) is 13.0 Å². The summed E-state index contributed by atoms with van der Waals surface area (Å²) >= 11 is 0. The molecule has 11 nitrogen and oxygen atoms in total. The van der Waals surface area contributed by atoms with Crippen molar-refractivity contribution in [1.29, 1.82) is 0 Å². The Bertz CT molecular complexity index is 1270. The van der Waals surface area contributed by atoms with Gasteiger partial charge < -0.3 is 23.8 Å². The fourth-order valence-electron chi connectivity index (χ4n) is 5.06. The number of aryl methyl sites for hydroxylation is 1. The molecule has 1 amide bonds. The van der Waals surface area contributed by atoms with Gasteiger partial charge in [-0.1, -0.05) is 0 Å². The van der Waals surface area contributed by atoms with E-state index < -0.39 is 9.84 Å². The standard InChI is InChI=1S/C25H32N4O7S/c1-14(2)34-25(30)29-16-5-6-17(29)12-18(11-16)35-23-22(33-4)24(27-13-26-23)36-20-9-10-21(28-15(20)3)37(31,32)19-7-8-19/h9-10,13-14,16-19H,5-8,11-12H2,1-4H3/t16-,17?,18?/m0/s1. The molecule has 3 fully saturated rings. The Labute approximate surface area is 216 Å². The molecule has 12 heteroatoms. The molecule has 0 spiro atoms. The molecule has 200 valence electrons. The molecule has 3 atom stereocenters. The Kier molecular flexibility index (Phi) is 6.86. The first-order valence-electron chi connectivity index (χ1n) is 12.6. The second kappa shape index (κ2) is 9.96. The average molecular weight is 533 g/mol. The predicted molar refractivity (Wildman–Crippen MR) is 132 cm³/mol. The topological polar surface area (TPSA) is 130 Å². The lowest BCUT2D eigenvalue weighted by Crippen LogP contribution is -2.49. The number of amides is 1. The quantitative estimate of drug-likeness (QED) is 0.494. The molecular weight excluding hydrogens is 500 g/mol. The lowest BCUT2D eigenvalue weighted by atomic mass is 10.0. The van der Waals surface area contributed by atoms with E-state index in [2.05, 4.69) is 15.0 Å². The van der Waals surface area contributed by atoms with Gasteiger partial charge in [0, 0.05) is 24.9 Å². The number of piperidine rings is 1. The van der Waals surface area contributed by atoms with Gasteiger partial charge in [0.15, 0.2) is 20.6 Å². The number of rotatable bonds is 8. The molecule has 4 heterocycles. The van der Waals surface area contributed by atoms with Gasteiger partial charge >= 0.3 is 6.09 Å². The van der Waals surface area contributed by atoms with Crippen molar-refractivity contribution >= 4 is 15.9 Å². The summed E-state index contributed by atoms with van der Waals surface area (Å²) in [5.74, 6) is 0.961. The number of methoxy groups -OCH3 is 1. The molecular formula is C25H32N4O7S. The van der Waals surface area contributed by atoms with Crippen LogP contribution in [-0.2, 0) is 14.6 Å². The van der Waals surface area contributed by atoms with Crippen molar-refractivity contribution in [3.63, 3.8) is 0 Å². The summed E-state index contributed by atoms with van der Waals surface area (Å²) in [6.07, 6.45) is 5.21. The molecule has 1 saturated carbocycles. The van der Waals surface area contributed by atoms with Gasteiger partial charge in [0.05, 0.1) is 24.2 Å². The Morgan fingerprint density at radius 3 is 2.32 bits per heavy atom. The van der Waals surface area contributed by atoms with Crippen LogP contribution in [-0.4, -0.2) is 71.0 Å². The minimum Gasteiger partial charge on any atom is -0.487 e. The van der Waals surface area contributed by atoms with E-state index in [9.17, 15) is 13.2 Å². The van der Waals surface area contributed by atoms with Crippen LogP contribution in [0.3, 0.4) is 0 Å². The average Bonchev–Trinajstić information content (AvgIpc) is 3.66. The second-order valence-corrected chi connectivity index (χ2v) is 12.2. The van der Waals surface area contributed by atoms with Gasteiger partial charge in [0.1, 0.15) is 12.4 Å².